The Hall–Kier alpha value is -0.620. The van der Waals surface area contributed by atoms with Crippen LogP contribution in [-0.4, -0.2) is 21.5 Å². The van der Waals surface area contributed by atoms with E-state index in [2.05, 4.69) is 18.6 Å². The van der Waals surface area contributed by atoms with Crippen LogP contribution in [0.4, 0.5) is 0 Å². The van der Waals surface area contributed by atoms with Gasteiger partial charge in [-0.1, -0.05) is 26.0 Å². The second kappa shape index (κ2) is 9.34. The van der Waals surface area contributed by atoms with Crippen molar-refractivity contribution >= 4 is 22.4 Å². The fourth-order valence-electron chi connectivity index (χ4n) is 1.84. The maximum atomic E-state index is 12.0. The summed E-state index contributed by atoms with van der Waals surface area (Å²) in [7, 11) is -3.38. The predicted molar refractivity (Wildman–Crippen MR) is 85.7 cm³/mol. The first kappa shape index (κ1) is 19.4. The van der Waals surface area contributed by atoms with E-state index < -0.39 is 10.0 Å². The second-order valence-electron chi connectivity index (χ2n) is 5.14. The van der Waals surface area contributed by atoms with E-state index in [1.54, 1.807) is 12.1 Å². The summed E-state index contributed by atoms with van der Waals surface area (Å²) in [6, 6.07) is 7.11. The highest BCUT2D eigenvalue weighted by molar-refractivity contribution is 7.89. The average molecular weight is 321 g/mol. The van der Waals surface area contributed by atoms with Gasteiger partial charge < -0.3 is 5.73 Å². The van der Waals surface area contributed by atoms with Crippen molar-refractivity contribution in [3.05, 3.63) is 29.8 Å². The molecule has 1 aromatic rings. The Labute approximate surface area is 128 Å². The molecule has 0 spiro atoms. The fraction of sp³-hybridized carbons (Fsp3) is 0.571. The molecule has 0 unspecified atom stereocenters. The molecule has 0 saturated heterocycles. The first-order chi connectivity index (χ1) is 8.95. The number of nitrogens with one attached hydrogen (secondary N) is 1. The maximum absolute atomic E-state index is 12.0. The molecule has 1 aromatic carbocycles. The van der Waals surface area contributed by atoms with Crippen LogP contribution in [0.2, 0.25) is 0 Å². The Morgan fingerprint density at radius 2 is 1.75 bits per heavy atom. The molecule has 0 aliphatic carbocycles. The first-order valence-electron chi connectivity index (χ1n) is 6.74. The summed E-state index contributed by atoms with van der Waals surface area (Å²) in [6.45, 7) is 5.31. The van der Waals surface area contributed by atoms with Crippen LogP contribution in [0.5, 0.6) is 0 Å². The van der Waals surface area contributed by atoms with Crippen LogP contribution >= 0.6 is 12.4 Å². The standard InChI is InChI=1S/C14H24N2O2S.ClH/c1-12(2)11-13-5-7-14(8-6-13)19(17,18)16-10-4-3-9-15;/h5-8,12,16H,3-4,9-11,15H2,1-2H3;1H. The predicted octanol–water partition coefficient (Wildman–Crippen LogP) is 2.32. The minimum atomic E-state index is -3.38. The Balaban J connectivity index is 0.00000361. The van der Waals surface area contributed by atoms with Crippen LogP contribution < -0.4 is 10.5 Å². The van der Waals surface area contributed by atoms with Crippen LogP contribution in [-0.2, 0) is 16.4 Å². The van der Waals surface area contributed by atoms with Gasteiger partial charge >= 0.3 is 0 Å². The van der Waals surface area contributed by atoms with Gasteiger partial charge in [-0.3, -0.25) is 0 Å². The zero-order valence-electron chi connectivity index (χ0n) is 12.1. The molecule has 1 rings (SSSR count). The molecular formula is C14H25ClN2O2S. The van der Waals surface area contributed by atoms with Gasteiger partial charge in [0.25, 0.3) is 0 Å². The lowest BCUT2D eigenvalue weighted by Crippen LogP contribution is -2.25. The lowest BCUT2D eigenvalue weighted by Gasteiger charge is -2.08. The van der Waals surface area contributed by atoms with E-state index in [0.717, 1.165) is 24.8 Å². The lowest BCUT2D eigenvalue weighted by molar-refractivity contribution is 0.577. The van der Waals surface area contributed by atoms with E-state index in [1.807, 2.05) is 12.1 Å². The Morgan fingerprint density at radius 1 is 1.15 bits per heavy atom. The first-order valence-corrected chi connectivity index (χ1v) is 8.22. The zero-order chi connectivity index (χ0) is 14.3. The number of sulfonamides is 1. The molecule has 0 heterocycles. The van der Waals surface area contributed by atoms with Crippen molar-refractivity contribution in [3.8, 4) is 0 Å². The van der Waals surface area contributed by atoms with Crippen LogP contribution in [0.25, 0.3) is 0 Å². The molecule has 0 aromatic heterocycles. The van der Waals surface area contributed by atoms with E-state index in [1.165, 1.54) is 0 Å². The highest BCUT2D eigenvalue weighted by Gasteiger charge is 2.12. The van der Waals surface area contributed by atoms with E-state index >= 15 is 0 Å². The summed E-state index contributed by atoms with van der Waals surface area (Å²) < 4.78 is 26.6. The summed E-state index contributed by atoms with van der Waals surface area (Å²) in [5, 5.41) is 0. The quantitative estimate of drug-likeness (QED) is 0.722. The van der Waals surface area contributed by atoms with Gasteiger partial charge in [-0.2, -0.15) is 0 Å². The Morgan fingerprint density at radius 3 is 2.25 bits per heavy atom. The number of hydrogen-bond acceptors (Lipinski definition) is 3. The molecule has 0 amide bonds. The zero-order valence-corrected chi connectivity index (χ0v) is 13.8. The van der Waals surface area contributed by atoms with Crippen LogP contribution in [0, 0.1) is 5.92 Å². The monoisotopic (exact) mass is 320 g/mol. The third-order valence-electron chi connectivity index (χ3n) is 2.80. The van der Waals surface area contributed by atoms with Crippen molar-refractivity contribution in [2.45, 2.75) is 38.0 Å². The lowest BCUT2D eigenvalue weighted by atomic mass is 10.0. The molecule has 0 saturated carbocycles. The summed E-state index contributed by atoms with van der Waals surface area (Å²) in [5.74, 6) is 0.567. The number of nitrogens with two attached hydrogens (primary N) is 1. The van der Waals surface area contributed by atoms with Gasteiger partial charge in [0.1, 0.15) is 0 Å². The topological polar surface area (TPSA) is 72.2 Å². The van der Waals surface area contributed by atoms with Gasteiger partial charge in [-0.25, -0.2) is 13.1 Å². The molecule has 3 N–H and O–H groups in total. The Bertz CT molecular complexity index is 472. The summed E-state index contributed by atoms with van der Waals surface area (Å²) in [5.41, 5.74) is 6.53. The van der Waals surface area contributed by atoms with E-state index in [0.29, 0.717) is 23.9 Å². The molecule has 0 aliphatic rings. The van der Waals surface area contributed by atoms with E-state index in [-0.39, 0.29) is 12.4 Å². The number of halogens is 1. The van der Waals surface area contributed by atoms with Crippen molar-refractivity contribution in [2.75, 3.05) is 13.1 Å². The van der Waals surface area contributed by atoms with Crippen molar-refractivity contribution in [2.24, 2.45) is 11.7 Å². The number of unbranched alkanes of at least 4 members (excludes halogenated alkanes) is 1. The average Bonchev–Trinajstić information content (AvgIpc) is 2.35. The maximum Gasteiger partial charge on any atom is 0.240 e. The van der Waals surface area contributed by atoms with E-state index in [4.69, 9.17) is 5.73 Å². The highest BCUT2D eigenvalue weighted by atomic mass is 35.5. The van der Waals surface area contributed by atoms with Gasteiger partial charge in [-0.05, 0) is 49.4 Å². The minimum absolute atomic E-state index is 0. The number of hydrogen-bond donors (Lipinski definition) is 2. The van der Waals surface area contributed by atoms with Crippen molar-refractivity contribution < 1.29 is 8.42 Å². The molecule has 6 heteroatoms. The second-order valence-corrected chi connectivity index (χ2v) is 6.90. The van der Waals surface area contributed by atoms with Gasteiger partial charge in [0.05, 0.1) is 4.90 Å². The van der Waals surface area contributed by atoms with Gasteiger partial charge in [0.15, 0.2) is 0 Å². The molecule has 20 heavy (non-hydrogen) atoms. The third-order valence-corrected chi connectivity index (χ3v) is 4.28. The van der Waals surface area contributed by atoms with Crippen LogP contribution in [0.15, 0.2) is 29.2 Å². The van der Waals surface area contributed by atoms with Gasteiger partial charge in [-0.15, -0.1) is 12.4 Å². The smallest absolute Gasteiger partial charge is 0.240 e. The van der Waals surface area contributed by atoms with Crippen molar-refractivity contribution in [3.63, 3.8) is 0 Å². The van der Waals surface area contributed by atoms with Gasteiger partial charge in [0.2, 0.25) is 10.0 Å². The largest absolute Gasteiger partial charge is 0.330 e. The minimum Gasteiger partial charge on any atom is -0.330 e. The molecule has 4 nitrogen and oxygen atoms in total. The molecule has 0 radical (unpaired) electrons. The summed E-state index contributed by atoms with van der Waals surface area (Å²) in [4.78, 5) is 0.327. The highest BCUT2D eigenvalue weighted by Crippen LogP contribution is 2.13. The molecule has 0 atom stereocenters. The third kappa shape index (κ3) is 6.70. The normalized spacial score (nSPS) is 11.4. The molecule has 0 fully saturated rings. The number of rotatable bonds is 8. The van der Waals surface area contributed by atoms with Crippen LogP contribution in [0.3, 0.4) is 0 Å². The van der Waals surface area contributed by atoms with Crippen molar-refractivity contribution in [1.82, 2.24) is 4.72 Å². The Kier molecular flexibility index (Phi) is 9.05. The van der Waals surface area contributed by atoms with E-state index in [9.17, 15) is 8.42 Å². The molecule has 0 bridgehead atoms. The molecule has 116 valence electrons. The molecule has 0 aliphatic heterocycles. The van der Waals surface area contributed by atoms with Crippen LogP contribution in [0.1, 0.15) is 32.3 Å². The molecular weight excluding hydrogens is 296 g/mol. The van der Waals surface area contributed by atoms with Crippen molar-refractivity contribution in [1.29, 1.82) is 0 Å². The van der Waals surface area contributed by atoms with Gasteiger partial charge in [0, 0.05) is 6.54 Å². The summed E-state index contributed by atoms with van der Waals surface area (Å²) in [6.07, 6.45) is 2.56. The fourth-order valence-corrected chi connectivity index (χ4v) is 2.91. The summed E-state index contributed by atoms with van der Waals surface area (Å²) >= 11 is 0. The SMILES string of the molecule is CC(C)Cc1ccc(S(=O)(=O)NCCCCN)cc1.Cl. The number of benzene rings is 1.